The highest BCUT2D eigenvalue weighted by Crippen LogP contribution is 2.33. The molecule has 0 radical (unpaired) electrons. The van der Waals surface area contributed by atoms with Crippen molar-refractivity contribution in [2.45, 2.75) is 17.7 Å². The van der Waals surface area contributed by atoms with Gasteiger partial charge in [-0.2, -0.15) is 9.41 Å². The van der Waals surface area contributed by atoms with Gasteiger partial charge in [0, 0.05) is 37.8 Å². The molecule has 3 aromatic rings. The van der Waals surface area contributed by atoms with Gasteiger partial charge in [-0.25, -0.2) is 13.4 Å². The molecule has 0 aliphatic carbocycles. The topological polar surface area (TPSA) is 130 Å². The lowest BCUT2D eigenvalue weighted by Gasteiger charge is -2.26. The van der Waals surface area contributed by atoms with Crippen LogP contribution in [0.1, 0.15) is 17.7 Å². The number of nitro benzene ring substituents is 1. The molecule has 13 heteroatoms. The van der Waals surface area contributed by atoms with E-state index in [-0.39, 0.29) is 16.3 Å². The van der Waals surface area contributed by atoms with Gasteiger partial charge in [0.05, 0.1) is 39.8 Å². The Labute approximate surface area is 218 Å². The Kier molecular flexibility index (Phi) is 7.46. The third kappa shape index (κ3) is 5.49. The van der Waals surface area contributed by atoms with Gasteiger partial charge in [-0.05, 0) is 25.0 Å². The van der Waals surface area contributed by atoms with Gasteiger partial charge in [0.2, 0.25) is 10.0 Å². The number of aromatic nitrogens is 1. The van der Waals surface area contributed by atoms with Crippen LogP contribution >= 0.6 is 11.3 Å². The maximum Gasteiger partial charge on any atom is 0.295 e. The lowest BCUT2D eigenvalue weighted by atomic mass is 10.1. The summed E-state index contributed by atoms with van der Waals surface area (Å²) >= 11 is 1.48. The first-order valence-electron chi connectivity index (χ1n) is 11.9. The molecule has 0 spiro atoms. The largest absolute Gasteiger partial charge is 0.378 e. The van der Waals surface area contributed by atoms with Crippen molar-refractivity contribution in [2.75, 3.05) is 49.7 Å². The van der Waals surface area contributed by atoms with Crippen molar-refractivity contribution >= 4 is 44.1 Å². The van der Waals surface area contributed by atoms with E-state index in [0.29, 0.717) is 26.3 Å². The molecule has 2 saturated heterocycles. The van der Waals surface area contributed by atoms with Crippen molar-refractivity contribution in [2.24, 2.45) is 5.10 Å². The van der Waals surface area contributed by atoms with Crippen LogP contribution in [0.15, 0.2) is 58.5 Å². The van der Waals surface area contributed by atoms with E-state index in [0.717, 1.165) is 53.3 Å². The minimum atomic E-state index is -3.78. The second kappa shape index (κ2) is 10.9. The molecule has 0 atom stereocenters. The second-order valence-electron chi connectivity index (χ2n) is 8.59. The molecule has 0 unspecified atom stereocenters. The average molecular weight is 543 g/mol. The van der Waals surface area contributed by atoms with E-state index in [4.69, 9.17) is 9.72 Å². The van der Waals surface area contributed by atoms with Crippen LogP contribution in [0.3, 0.4) is 0 Å². The molecular weight excluding hydrogens is 516 g/mol. The number of sulfonamides is 1. The van der Waals surface area contributed by atoms with E-state index < -0.39 is 14.9 Å². The van der Waals surface area contributed by atoms with Crippen LogP contribution in [-0.2, 0) is 14.8 Å². The first kappa shape index (κ1) is 25.3. The summed E-state index contributed by atoms with van der Waals surface area (Å²) in [5.41, 5.74) is 4.16. The van der Waals surface area contributed by atoms with Crippen LogP contribution in [-0.4, -0.2) is 68.2 Å². The molecule has 11 nitrogen and oxygen atoms in total. The summed E-state index contributed by atoms with van der Waals surface area (Å²) in [6.07, 6.45) is 3.15. The molecular formula is C24H26N6O5S2. The predicted molar refractivity (Wildman–Crippen MR) is 143 cm³/mol. The van der Waals surface area contributed by atoms with Gasteiger partial charge in [0.1, 0.15) is 5.69 Å². The molecule has 0 saturated carbocycles. The van der Waals surface area contributed by atoms with Gasteiger partial charge < -0.3 is 9.64 Å². The number of nitro groups is 1. The third-order valence-electron chi connectivity index (χ3n) is 6.21. The maximum absolute atomic E-state index is 12.9. The number of hydrazone groups is 1. The summed E-state index contributed by atoms with van der Waals surface area (Å²) in [7, 11) is -3.78. The van der Waals surface area contributed by atoms with Gasteiger partial charge in [0.25, 0.3) is 5.69 Å². The van der Waals surface area contributed by atoms with Crippen molar-refractivity contribution < 1.29 is 18.1 Å². The monoisotopic (exact) mass is 542 g/mol. The second-order valence-corrected chi connectivity index (χ2v) is 11.5. The standard InChI is InChI=1S/C24H26N6O5S2/c31-30(32)21-16-19(37(33,34)29-10-4-5-11-29)8-9-20(21)27-25-17-22-23(18-6-2-1-3-7-18)26-24(36-22)28-12-14-35-15-13-28/h1-3,6-9,16-17,27H,4-5,10-15H2/b25-17-. The van der Waals surface area contributed by atoms with E-state index in [2.05, 4.69) is 15.4 Å². The fourth-order valence-corrected chi connectivity index (χ4v) is 6.80. The van der Waals surface area contributed by atoms with Gasteiger partial charge in [-0.1, -0.05) is 41.7 Å². The Hall–Kier alpha value is -3.39. The fraction of sp³-hybridized carbons (Fsp3) is 0.333. The Bertz CT molecular complexity index is 1400. The number of anilines is 2. The molecule has 2 aliphatic heterocycles. The first-order chi connectivity index (χ1) is 17.9. The van der Waals surface area contributed by atoms with E-state index >= 15 is 0 Å². The molecule has 2 aromatic carbocycles. The first-order valence-corrected chi connectivity index (χ1v) is 14.2. The number of thiazole rings is 1. The number of morpholine rings is 1. The minimum Gasteiger partial charge on any atom is -0.378 e. The minimum absolute atomic E-state index is 0.0976. The maximum atomic E-state index is 12.9. The fourth-order valence-electron chi connectivity index (χ4n) is 4.26. The van der Waals surface area contributed by atoms with Crippen LogP contribution < -0.4 is 10.3 Å². The van der Waals surface area contributed by atoms with Crippen LogP contribution in [0, 0.1) is 10.1 Å². The smallest absolute Gasteiger partial charge is 0.295 e. The lowest BCUT2D eigenvalue weighted by molar-refractivity contribution is -0.384. The third-order valence-corrected chi connectivity index (χ3v) is 9.15. The van der Waals surface area contributed by atoms with Crippen molar-refractivity contribution in [1.82, 2.24) is 9.29 Å². The summed E-state index contributed by atoms with van der Waals surface area (Å²) in [5, 5.41) is 16.9. The van der Waals surface area contributed by atoms with Crippen molar-refractivity contribution in [1.29, 1.82) is 0 Å². The number of ether oxygens (including phenoxy) is 1. The summed E-state index contributed by atoms with van der Waals surface area (Å²) < 4.78 is 32.5. The Balaban J connectivity index is 1.41. The predicted octanol–water partition coefficient (Wildman–Crippen LogP) is 3.79. The molecule has 1 N–H and O–H groups in total. The van der Waals surface area contributed by atoms with Crippen LogP contribution in [0.4, 0.5) is 16.5 Å². The van der Waals surface area contributed by atoms with E-state index in [1.807, 2.05) is 30.3 Å². The molecule has 5 rings (SSSR count). The number of hydrogen-bond donors (Lipinski definition) is 1. The molecule has 0 bridgehead atoms. The zero-order chi connectivity index (χ0) is 25.8. The molecule has 3 heterocycles. The number of nitrogens with zero attached hydrogens (tertiary/aromatic N) is 5. The number of benzene rings is 2. The highest BCUT2D eigenvalue weighted by molar-refractivity contribution is 7.89. The van der Waals surface area contributed by atoms with E-state index in [1.165, 1.54) is 27.8 Å². The number of nitrogens with one attached hydrogen (secondary N) is 1. The van der Waals surface area contributed by atoms with Crippen LogP contribution in [0.5, 0.6) is 0 Å². The van der Waals surface area contributed by atoms with Crippen molar-refractivity contribution in [3.63, 3.8) is 0 Å². The molecule has 194 valence electrons. The van der Waals surface area contributed by atoms with Crippen LogP contribution in [0.25, 0.3) is 11.3 Å². The molecule has 37 heavy (non-hydrogen) atoms. The van der Waals surface area contributed by atoms with Crippen molar-refractivity contribution in [3.8, 4) is 11.3 Å². The molecule has 2 fully saturated rings. The summed E-state index contributed by atoms with van der Waals surface area (Å²) in [6, 6.07) is 13.6. The average Bonchev–Trinajstić information content (AvgIpc) is 3.61. The zero-order valence-corrected chi connectivity index (χ0v) is 21.6. The highest BCUT2D eigenvalue weighted by atomic mass is 32.2. The van der Waals surface area contributed by atoms with Gasteiger partial charge in [-0.3, -0.25) is 15.5 Å². The number of hydrogen-bond acceptors (Lipinski definition) is 10. The Morgan fingerprint density at radius 3 is 2.51 bits per heavy atom. The van der Waals surface area contributed by atoms with Crippen LogP contribution in [0.2, 0.25) is 0 Å². The highest BCUT2D eigenvalue weighted by Gasteiger charge is 2.29. The molecule has 0 amide bonds. The quantitative estimate of drug-likeness (QED) is 0.259. The molecule has 1 aromatic heterocycles. The Morgan fingerprint density at radius 2 is 1.81 bits per heavy atom. The summed E-state index contributed by atoms with van der Waals surface area (Å²) in [5.74, 6) is 0. The normalized spacial score (nSPS) is 16.9. The number of rotatable bonds is 8. The lowest BCUT2D eigenvalue weighted by Crippen LogP contribution is -2.36. The summed E-state index contributed by atoms with van der Waals surface area (Å²) in [4.78, 5) is 18.8. The molecule has 2 aliphatic rings. The van der Waals surface area contributed by atoms with Gasteiger partial charge in [-0.15, -0.1) is 0 Å². The Morgan fingerprint density at radius 1 is 1.08 bits per heavy atom. The SMILES string of the molecule is O=[N+]([O-])c1cc(S(=O)(=O)N2CCCC2)ccc1N/N=C\c1sc(N2CCOCC2)nc1-c1ccccc1. The van der Waals surface area contributed by atoms with Gasteiger partial charge >= 0.3 is 0 Å². The van der Waals surface area contributed by atoms with Crippen molar-refractivity contribution in [3.05, 3.63) is 63.5 Å². The summed E-state index contributed by atoms with van der Waals surface area (Å²) in [6.45, 7) is 3.61. The zero-order valence-electron chi connectivity index (χ0n) is 19.9. The van der Waals surface area contributed by atoms with Gasteiger partial charge in [0.15, 0.2) is 5.13 Å². The van der Waals surface area contributed by atoms with E-state index in [9.17, 15) is 18.5 Å². The van der Waals surface area contributed by atoms with E-state index in [1.54, 1.807) is 6.21 Å².